The topological polar surface area (TPSA) is 55.8 Å². The molecule has 1 amide bonds. The van der Waals surface area contributed by atoms with Crippen LogP contribution in [0.5, 0.6) is 0 Å². The van der Waals surface area contributed by atoms with Crippen LogP contribution in [0.15, 0.2) is 17.0 Å². The first-order valence-electron chi connectivity index (χ1n) is 6.46. The molecule has 0 N–H and O–H groups in total. The van der Waals surface area contributed by atoms with Gasteiger partial charge in [-0.1, -0.05) is 0 Å². The molecule has 2 heterocycles. The highest BCUT2D eigenvalue weighted by molar-refractivity contribution is 7.11. The van der Waals surface area contributed by atoms with E-state index in [1.165, 1.54) is 16.2 Å². The smallest absolute Gasteiger partial charge is 0.414 e. The third kappa shape index (κ3) is 3.01. The van der Waals surface area contributed by atoms with E-state index in [2.05, 4.69) is 0 Å². The molecule has 0 saturated carbocycles. The monoisotopic (exact) mass is 295 g/mol. The summed E-state index contributed by atoms with van der Waals surface area (Å²) >= 11 is 1.47. The molecular formula is C14H17NO4S. The number of rotatable bonds is 3. The van der Waals surface area contributed by atoms with Gasteiger partial charge in [-0.2, -0.15) is 0 Å². The fourth-order valence-electron chi connectivity index (χ4n) is 1.88. The van der Waals surface area contributed by atoms with E-state index in [0.717, 1.165) is 10.6 Å². The highest BCUT2D eigenvalue weighted by Crippen LogP contribution is 2.34. The summed E-state index contributed by atoms with van der Waals surface area (Å²) in [7, 11) is 0. The van der Waals surface area contributed by atoms with Gasteiger partial charge in [0.15, 0.2) is 0 Å². The third-order valence-corrected chi connectivity index (χ3v) is 3.55. The molecule has 0 saturated heterocycles. The van der Waals surface area contributed by atoms with Crippen LogP contribution in [0.2, 0.25) is 0 Å². The second-order valence-corrected chi connectivity index (χ2v) is 5.53. The summed E-state index contributed by atoms with van der Waals surface area (Å²) in [6, 6.07) is 1.85. The van der Waals surface area contributed by atoms with E-state index < -0.39 is 12.1 Å². The highest BCUT2D eigenvalue weighted by atomic mass is 32.1. The van der Waals surface area contributed by atoms with Gasteiger partial charge >= 0.3 is 12.1 Å². The van der Waals surface area contributed by atoms with Gasteiger partial charge in [0.1, 0.15) is 0 Å². The van der Waals surface area contributed by atoms with Gasteiger partial charge in [0, 0.05) is 0 Å². The van der Waals surface area contributed by atoms with E-state index in [-0.39, 0.29) is 12.6 Å². The van der Waals surface area contributed by atoms with E-state index in [0.29, 0.717) is 12.2 Å². The first kappa shape index (κ1) is 14.6. The average molecular weight is 295 g/mol. The molecule has 0 aliphatic carbocycles. The van der Waals surface area contributed by atoms with E-state index in [9.17, 15) is 9.59 Å². The summed E-state index contributed by atoms with van der Waals surface area (Å²) in [6.07, 6.45) is 1.12. The number of carbonyl (C=O) groups excluding carboxylic acids is 2. The molecule has 0 atom stereocenters. The Morgan fingerprint density at radius 3 is 2.85 bits per heavy atom. The number of amides is 1. The lowest BCUT2D eigenvalue weighted by Crippen LogP contribution is -2.38. The van der Waals surface area contributed by atoms with E-state index in [4.69, 9.17) is 9.47 Å². The molecule has 0 unspecified atom stereocenters. The van der Waals surface area contributed by atoms with E-state index >= 15 is 0 Å². The molecule has 1 aliphatic rings. The van der Waals surface area contributed by atoms with Gasteiger partial charge in [-0.25, -0.2) is 9.59 Å². The van der Waals surface area contributed by atoms with E-state index in [1.807, 2.05) is 11.4 Å². The van der Waals surface area contributed by atoms with Crippen LogP contribution in [0.1, 0.15) is 25.6 Å². The van der Waals surface area contributed by atoms with Gasteiger partial charge in [-0.3, -0.25) is 4.90 Å². The van der Waals surface area contributed by atoms with Crippen LogP contribution in [0.25, 0.3) is 6.08 Å². The molecular weight excluding hydrogens is 278 g/mol. The summed E-state index contributed by atoms with van der Waals surface area (Å²) < 4.78 is 10.2. The van der Waals surface area contributed by atoms with Crippen LogP contribution >= 0.6 is 11.3 Å². The molecule has 0 spiro atoms. The molecule has 0 aromatic carbocycles. The highest BCUT2D eigenvalue weighted by Gasteiger charge is 2.29. The number of anilines is 1. The maximum absolute atomic E-state index is 12.1. The molecule has 5 nitrogen and oxygen atoms in total. The van der Waals surface area contributed by atoms with Gasteiger partial charge in [-0.15, -0.1) is 11.3 Å². The third-order valence-electron chi connectivity index (χ3n) is 2.69. The van der Waals surface area contributed by atoms with Gasteiger partial charge in [0.2, 0.25) is 0 Å². The van der Waals surface area contributed by atoms with Crippen molar-refractivity contribution in [3.8, 4) is 0 Å². The Kier molecular flexibility index (Phi) is 4.44. The largest absolute Gasteiger partial charge is 0.463 e. The molecule has 0 fully saturated rings. The van der Waals surface area contributed by atoms with Crippen LogP contribution in [-0.4, -0.2) is 31.3 Å². The number of hydrogen-bond acceptors (Lipinski definition) is 5. The van der Waals surface area contributed by atoms with Gasteiger partial charge in [0.05, 0.1) is 35.4 Å². The van der Waals surface area contributed by atoms with Gasteiger partial charge < -0.3 is 9.47 Å². The van der Waals surface area contributed by atoms with Crippen molar-refractivity contribution in [2.75, 3.05) is 18.1 Å². The van der Waals surface area contributed by atoms with E-state index in [1.54, 1.807) is 26.8 Å². The predicted molar refractivity (Wildman–Crippen MR) is 77.9 cm³/mol. The molecule has 20 heavy (non-hydrogen) atoms. The normalized spacial score (nSPS) is 13.8. The summed E-state index contributed by atoms with van der Waals surface area (Å²) in [5, 5.41) is 1.88. The Hall–Kier alpha value is -1.82. The number of esters is 1. The van der Waals surface area contributed by atoms with Crippen molar-refractivity contribution in [2.45, 2.75) is 26.9 Å². The minimum Gasteiger partial charge on any atom is -0.463 e. The lowest BCUT2D eigenvalue weighted by molar-refractivity contribution is -0.138. The zero-order valence-corrected chi connectivity index (χ0v) is 12.5. The van der Waals surface area contributed by atoms with Crippen LogP contribution in [-0.2, 0) is 14.3 Å². The van der Waals surface area contributed by atoms with Crippen LogP contribution in [0.4, 0.5) is 10.5 Å². The fourth-order valence-corrected chi connectivity index (χ4v) is 2.73. The zero-order chi connectivity index (χ0) is 14.7. The Bertz CT molecular complexity index is 547. The summed E-state index contributed by atoms with van der Waals surface area (Å²) in [5.74, 6) is -0.395. The van der Waals surface area contributed by atoms with Crippen molar-refractivity contribution in [1.29, 1.82) is 0 Å². The summed E-state index contributed by atoms with van der Waals surface area (Å²) in [4.78, 5) is 26.3. The maximum atomic E-state index is 12.1. The number of nitrogens with zero attached hydrogens (tertiary/aromatic N) is 1. The number of carbonyl (C=O) groups is 2. The lowest BCUT2D eigenvalue weighted by Gasteiger charge is -2.26. The van der Waals surface area contributed by atoms with Crippen molar-refractivity contribution in [1.82, 2.24) is 0 Å². The average Bonchev–Trinajstić information content (AvgIpc) is 2.84. The molecule has 2 rings (SSSR count). The SMILES string of the molecule is CCOC(=O)C1=Cc2sccc2N(C(=O)OC(C)C)C1. The Morgan fingerprint density at radius 2 is 2.20 bits per heavy atom. The summed E-state index contributed by atoms with van der Waals surface area (Å²) in [6.45, 7) is 5.82. The standard InChI is InChI=1S/C14H17NO4S/c1-4-18-13(16)10-7-12-11(5-6-20-12)15(8-10)14(17)19-9(2)3/h5-7,9H,4,8H2,1-3H3. The zero-order valence-electron chi connectivity index (χ0n) is 11.7. The fraction of sp³-hybridized carbons (Fsp3) is 0.429. The quantitative estimate of drug-likeness (QED) is 0.804. The van der Waals surface area contributed by atoms with Gasteiger partial charge in [0.25, 0.3) is 0 Å². The van der Waals surface area contributed by atoms with Crippen molar-refractivity contribution in [2.24, 2.45) is 0 Å². The molecule has 0 bridgehead atoms. The first-order chi connectivity index (χ1) is 9.52. The van der Waals surface area contributed by atoms with Crippen molar-refractivity contribution in [3.05, 3.63) is 21.9 Å². The summed E-state index contributed by atoms with van der Waals surface area (Å²) in [5.41, 5.74) is 1.23. The minimum atomic E-state index is -0.449. The van der Waals surface area contributed by atoms with Crippen molar-refractivity contribution in [3.63, 3.8) is 0 Å². The molecule has 1 aliphatic heterocycles. The Balaban J connectivity index is 2.26. The van der Waals surface area contributed by atoms with Crippen molar-refractivity contribution >= 4 is 35.2 Å². The van der Waals surface area contributed by atoms with Crippen LogP contribution in [0.3, 0.4) is 0 Å². The maximum Gasteiger partial charge on any atom is 0.414 e. The molecule has 1 aromatic heterocycles. The Labute approximate surface area is 121 Å². The number of hydrogen-bond donors (Lipinski definition) is 0. The van der Waals surface area contributed by atoms with Gasteiger partial charge in [-0.05, 0) is 38.3 Å². The second-order valence-electron chi connectivity index (χ2n) is 4.58. The van der Waals surface area contributed by atoms with Crippen LogP contribution in [0, 0.1) is 0 Å². The number of ether oxygens (including phenoxy) is 2. The molecule has 1 aromatic rings. The first-order valence-corrected chi connectivity index (χ1v) is 7.34. The van der Waals surface area contributed by atoms with Crippen LogP contribution < -0.4 is 4.90 Å². The lowest BCUT2D eigenvalue weighted by atomic mass is 10.1. The number of fused-ring (bicyclic) bond motifs is 1. The molecule has 0 radical (unpaired) electrons. The number of thiophene rings is 1. The van der Waals surface area contributed by atoms with Crippen molar-refractivity contribution < 1.29 is 19.1 Å². The molecule has 6 heteroatoms. The Morgan fingerprint density at radius 1 is 1.45 bits per heavy atom. The predicted octanol–water partition coefficient (Wildman–Crippen LogP) is 3.06. The molecule has 108 valence electrons. The second kappa shape index (κ2) is 6.09. The minimum absolute atomic E-state index is 0.175.